The van der Waals surface area contributed by atoms with E-state index in [1.54, 1.807) is 6.92 Å². The van der Waals surface area contributed by atoms with E-state index in [2.05, 4.69) is 17.5 Å². The number of thiocarbonyl (C=S) groups is 1. The van der Waals surface area contributed by atoms with Crippen LogP contribution in [0.1, 0.15) is 18.9 Å². The van der Waals surface area contributed by atoms with Crippen LogP contribution in [0.5, 0.6) is 0 Å². The van der Waals surface area contributed by atoms with Crippen molar-refractivity contribution >= 4 is 28.9 Å². The molecule has 19 heavy (non-hydrogen) atoms. The molecular formula is C12H14F2N2O2S. The van der Waals surface area contributed by atoms with Crippen molar-refractivity contribution < 1.29 is 18.3 Å². The van der Waals surface area contributed by atoms with Gasteiger partial charge in [-0.2, -0.15) is 0 Å². The molecule has 1 rings (SSSR count). The molecule has 0 unspecified atom stereocenters. The molecule has 0 aliphatic carbocycles. The highest BCUT2D eigenvalue weighted by Crippen LogP contribution is 2.20. The number of rotatable bonds is 6. The topological polar surface area (TPSA) is 64.3 Å². The summed E-state index contributed by atoms with van der Waals surface area (Å²) >= 11 is 4.64. The quantitative estimate of drug-likeness (QED) is 0.619. The summed E-state index contributed by atoms with van der Waals surface area (Å²) in [5.41, 5.74) is 5.09. The Morgan fingerprint density at radius 2 is 2.00 bits per heavy atom. The van der Waals surface area contributed by atoms with Gasteiger partial charge in [0.1, 0.15) is 22.3 Å². The lowest BCUT2D eigenvalue weighted by molar-refractivity contribution is -0.142. The predicted octanol–water partition coefficient (Wildman–Crippen LogP) is 1.96. The standard InChI is InChI=1S/C12H14F2N2O2S/c1-2-18-10(17)3-4-16-11-8(13)5-7(12(15)19)6-9(11)14/h5-6,16H,2-4H2,1H3,(H2,15,19). The number of halogens is 2. The van der Waals surface area contributed by atoms with E-state index >= 15 is 0 Å². The van der Waals surface area contributed by atoms with Gasteiger partial charge in [-0.25, -0.2) is 8.78 Å². The average molecular weight is 288 g/mol. The number of carbonyl (C=O) groups excluding carboxylic acids is 1. The second-order valence-electron chi connectivity index (χ2n) is 3.66. The molecule has 0 amide bonds. The highest BCUT2D eigenvalue weighted by atomic mass is 32.1. The fourth-order valence-electron chi connectivity index (χ4n) is 1.41. The highest BCUT2D eigenvalue weighted by molar-refractivity contribution is 7.80. The molecule has 3 N–H and O–H groups in total. The average Bonchev–Trinajstić information content (AvgIpc) is 2.32. The van der Waals surface area contributed by atoms with Crippen molar-refractivity contribution in [3.8, 4) is 0 Å². The molecule has 1 aromatic carbocycles. The van der Waals surface area contributed by atoms with Gasteiger partial charge in [-0.1, -0.05) is 12.2 Å². The van der Waals surface area contributed by atoms with Gasteiger partial charge in [0.25, 0.3) is 0 Å². The van der Waals surface area contributed by atoms with E-state index in [9.17, 15) is 13.6 Å². The normalized spacial score (nSPS) is 10.1. The van der Waals surface area contributed by atoms with Gasteiger partial charge >= 0.3 is 5.97 Å². The summed E-state index contributed by atoms with van der Waals surface area (Å²) in [4.78, 5) is 11.0. The van der Waals surface area contributed by atoms with Crippen molar-refractivity contribution in [2.45, 2.75) is 13.3 Å². The Morgan fingerprint density at radius 3 is 2.47 bits per heavy atom. The molecule has 0 aliphatic heterocycles. The fourth-order valence-corrected chi connectivity index (χ4v) is 1.52. The van der Waals surface area contributed by atoms with Gasteiger partial charge < -0.3 is 15.8 Å². The maximum atomic E-state index is 13.6. The first-order valence-corrected chi connectivity index (χ1v) is 6.04. The van der Waals surface area contributed by atoms with Crippen LogP contribution in [-0.2, 0) is 9.53 Å². The molecule has 0 aliphatic rings. The van der Waals surface area contributed by atoms with Crippen molar-refractivity contribution in [1.29, 1.82) is 0 Å². The number of carbonyl (C=O) groups is 1. The largest absolute Gasteiger partial charge is 0.466 e. The second-order valence-corrected chi connectivity index (χ2v) is 4.10. The van der Waals surface area contributed by atoms with Crippen molar-refractivity contribution in [1.82, 2.24) is 0 Å². The first-order valence-electron chi connectivity index (χ1n) is 5.64. The van der Waals surface area contributed by atoms with Gasteiger partial charge in [0.15, 0.2) is 0 Å². The lowest BCUT2D eigenvalue weighted by atomic mass is 10.2. The van der Waals surface area contributed by atoms with Gasteiger partial charge in [-0.05, 0) is 19.1 Å². The molecule has 0 saturated heterocycles. The number of anilines is 1. The van der Waals surface area contributed by atoms with Crippen LogP contribution in [0.4, 0.5) is 14.5 Å². The van der Waals surface area contributed by atoms with E-state index in [1.165, 1.54) is 0 Å². The smallest absolute Gasteiger partial charge is 0.307 e. The highest BCUT2D eigenvalue weighted by Gasteiger charge is 2.12. The van der Waals surface area contributed by atoms with Crippen LogP contribution < -0.4 is 11.1 Å². The summed E-state index contributed by atoms with van der Waals surface area (Å²) in [5.74, 6) is -2.06. The van der Waals surface area contributed by atoms with Crippen LogP contribution >= 0.6 is 12.2 Å². The van der Waals surface area contributed by atoms with E-state index in [4.69, 9.17) is 10.5 Å². The first kappa shape index (κ1) is 15.3. The van der Waals surface area contributed by atoms with Gasteiger partial charge in [0, 0.05) is 12.1 Å². The van der Waals surface area contributed by atoms with Crippen molar-refractivity contribution in [3.63, 3.8) is 0 Å². The number of hydrogen-bond donors (Lipinski definition) is 2. The van der Waals surface area contributed by atoms with E-state index in [-0.39, 0.29) is 35.8 Å². The number of nitrogens with one attached hydrogen (secondary N) is 1. The minimum absolute atomic E-state index is 0.0176. The van der Waals surface area contributed by atoms with E-state index in [0.29, 0.717) is 0 Å². The molecule has 0 heterocycles. The van der Waals surface area contributed by atoms with Crippen LogP contribution in [0.3, 0.4) is 0 Å². The van der Waals surface area contributed by atoms with Gasteiger partial charge in [0.2, 0.25) is 0 Å². The molecular weight excluding hydrogens is 274 g/mol. The van der Waals surface area contributed by atoms with Crippen molar-refractivity contribution in [2.24, 2.45) is 5.73 Å². The van der Waals surface area contributed by atoms with E-state index in [0.717, 1.165) is 12.1 Å². The minimum atomic E-state index is -0.813. The molecule has 0 fully saturated rings. The summed E-state index contributed by atoms with van der Waals surface area (Å²) in [6.07, 6.45) is 0.0176. The minimum Gasteiger partial charge on any atom is -0.466 e. The number of nitrogens with two attached hydrogens (primary N) is 1. The molecule has 104 valence electrons. The van der Waals surface area contributed by atoms with Crippen LogP contribution in [-0.4, -0.2) is 24.1 Å². The number of hydrogen-bond acceptors (Lipinski definition) is 4. The van der Waals surface area contributed by atoms with E-state index < -0.39 is 17.6 Å². The molecule has 0 radical (unpaired) electrons. The Labute approximate surface area is 114 Å². The zero-order valence-electron chi connectivity index (χ0n) is 10.3. The summed E-state index contributed by atoms with van der Waals surface area (Å²) in [6, 6.07) is 2.08. The zero-order chi connectivity index (χ0) is 14.4. The fraction of sp³-hybridized carbons (Fsp3) is 0.333. The zero-order valence-corrected chi connectivity index (χ0v) is 11.2. The van der Waals surface area contributed by atoms with Crippen LogP contribution in [0.15, 0.2) is 12.1 Å². The van der Waals surface area contributed by atoms with Crippen LogP contribution in [0.25, 0.3) is 0 Å². The Morgan fingerprint density at radius 1 is 1.42 bits per heavy atom. The van der Waals surface area contributed by atoms with Gasteiger partial charge in [-0.3, -0.25) is 4.79 Å². The second kappa shape index (κ2) is 6.98. The molecule has 1 aromatic rings. The summed E-state index contributed by atoms with van der Waals surface area (Å²) < 4.78 is 31.9. The monoisotopic (exact) mass is 288 g/mol. The van der Waals surface area contributed by atoms with Crippen molar-refractivity contribution in [3.05, 3.63) is 29.3 Å². The lowest BCUT2D eigenvalue weighted by Crippen LogP contribution is -2.14. The van der Waals surface area contributed by atoms with Crippen LogP contribution in [0, 0.1) is 11.6 Å². The summed E-state index contributed by atoms with van der Waals surface area (Å²) in [7, 11) is 0. The maximum Gasteiger partial charge on any atom is 0.307 e. The third-order valence-electron chi connectivity index (χ3n) is 2.26. The molecule has 0 aromatic heterocycles. The van der Waals surface area contributed by atoms with Gasteiger partial charge in [-0.15, -0.1) is 0 Å². The van der Waals surface area contributed by atoms with Crippen LogP contribution in [0.2, 0.25) is 0 Å². The molecule has 0 saturated carbocycles. The molecule has 0 spiro atoms. The third-order valence-corrected chi connectivity index (χ3v) is 2.50. The molecule has 0 bridgehead atoms. The predicted molar refractivity (Wildman–Crippen MR) is 72.0 cm³/mol. The SMILES string of the molecule is CCOC(=O)CCNc1c(F)cc(C(N)=S)cc1F. The maximum absolute atomic E-state index is 13.6. The Bertz CT molecular complexity index is 472. The summed E-state index contributed by atoms with van der Waals surface area (Å²) in [5, 5.41) is 2.50. The van der Waals surface area contributed by atoms with Gasteiger partial charge in [0.05, 0.1) is 13.0 Å². The molecule has 7 heteroatoms. The Kier molecular flexibility index (Phi) is 5.62. The molecule has 4 nitrogen and oxygen atoms in total. The Hall–Kier alpha value is -1.76. The summed E-state index contributed by atoms with van der Waals surface area (Å²) in [6.45, 7) is 2.02. The Balaban J connectivity index is 2.69. The van der Waals surface area contributed by atoms with Crippen molar-refractivity contribution in [2.75, 3.05) is 18.5 Å². The van der Waals surface area contributed by atoms with E-state index in [1.807, 2.05) is 0 Å². The lowest BCUT2D eigenvalue weighted by Gasteiger charge is -2.10. The number of benzene rings is 1. The number of ether oxygens (including phenoxy) is 1. The number of esters is 1. The first-order chi connectivity index (χ1) is 8.95. The third kappa shape index (κ3) is 4.44. The molecule has 0 atom stereocenters.